The lowest BCUT2D eigenvalue weighted by Crippen LogP contribution is -2.61. The van der Waals surface area contributed by atoms with Gasteiger partial charge in [-0.1, -0.05) is 26.0 Å². The summed E-state index contributed by atoms with van der Waals surface area (Å²) in [7, 11) is 0. The number of aliphatic hydroxyl groups is 2. The number of hydrogen-bond acceptors (Lipinski definition) is 17. The topological polar surface area (TPSA) is 437 Å². The molecule has 9 amide bonds. The van der Waals surface area contributed by atoms with Crippen LogP contribution >= 0.6 is 23.5 Å². The molecule has 392 valence electrons. The van der Waals surface area contributed by atoms with Gasteiger partial charge in [0.05, 0.1) is 31.7 Å². The molecule has 1 rings (SSSR count). The summed E-state index contributed by atoms with van der Waals surface area (Å²) in [5, 5.41) is 67.4. The van der Waals surface area contributed by atoms with Crippen molar-refractivity contribution in [2.24, 2.45) is 17.4 Å². The lowest BCUT2D eigenvalue weighted by molar-refractivity contribution is -0.144. The minimum absolute atomic E-state index is 0.00119. The van der Waals surface area contributed by atoms with Gasteiger partial charge in [0, 0.05) is 6.42 Å². The number of aliphatic hydroxyl groups excluding tert-OH is 2. The predicted octanol–water partition coefficient (Wildman–Crippen LogP) is -4.87. The van der Waals surface area contributed by atoms with Crippen molar-refractivity contribution in [2.45, 2.75) is 114 Å². The number of hydrogen-bond donors (Lipinski definition) is 15. The van der Waals surface area contributed by atoms with E-state index in [1.807, 2.05) is 0 Å². The Kier molecular flexibility index (Phi) is 28.1. The van der Waals surface area contributed by atoms with E-state index in [9.17, 15) is 78.3 Å². The Morgan fingerprint density at radius 2 is 1.09 bits per heavy atom. The van der Waals surface area contributed by atoms with Gasteiger partial charge in [0.2, 0.25) is 53.2 Å². The van der Waals surface area contributed by atoms with Crippen LogP contribution in [0, 0.1) is 5.92 Å². The fourth-order valence-electron chi connectivity index (χ4n) is 6.17. The average Bonchev–Trinajstić information content (AvgIpc) is 3.29. The molecule has 0 spiro atoms. The van der Waals surface area contributed by atoms with E-state index in [1.54, 1.807) is 24.6 Å². The van der Waals surface area contributed by atoms with Crippen molar-refractivity contribution >= 4 is 88.6 Å². The van der Waals surface area contributed by atoms with Crippen LogP contribution in [0.5, 0.6) is 5.75 Å². The zero-order valence-corrected chi connectivity index (χ0v) is 41.0. The molecule has 70 heavy (non-hydrogen) atoms. The maximum atomic E-state index is 13.5. The van der Waals surface area contributed by atoms with Crippen molar-refractivity contribution in [1.82, 2.24) is 42.5 Å². The van der Waals surface area contributed by atoms with E-state index in [-0.39, 0.29) is 37.2 Å². The van der Waals surface area contributed by atoms with Gasteiger partial charge in [-0.05, 0) is 80.2 Å². The van der Waals surface area contributed by atoms with Gasteiger partial charge in [-0.25, -0.2) is 4.79 Å². The number of primary amides is 1. The molecule has 0 radical (unpaired) electrons. The maximum Gasteiger partial charge on any atom is 0.326 e. The summed E-state index contributed by atoms with van der Waals surface area (Å²) in [6.45, 7) is 2.18. The highest BCUT2D eigenvalue weighted by Crippen LogP contribution is 2.12. The Hall–Kier alpha value is -6.23. The molecule has 9 atom stereocenters. The first kappa shape index (κ1) is 61.8. The molecule has 1 aromatic carbocycles. The smallest absolute Gasteiger partial charge is 0.326 e. The standard InChI is InChI=1S/C42H66N10O16S2/c1-20(2)33(42(67)68)52-39(64)25(10-11-30(44)56)47-40(65)29(19-53)50-38(63)27(13-15-70-5)48-41(66)34(21(3)54)51-31(57)18-45-36(61)28(17-32(58)59)49-37(62)26(12-14-69-4)46-35(60)24(43)16-22-6-8-23(55)9-7-22/h6-9,20-21,24-29,33-34,53-55H,10-19,43H2,1-5H3,(H2,44,56)(H,45,61)(H,46,60)(H,47,65)(H,48,66)(H,49,62)(H,50,63)(H,51,57)(H,52,64)(H,58,59)(H,67,68)/t21-,24+,25+,26+,27+,28+,29+,33+,34+/m1/s1. The number of thioether (sulfide) groups is 2. The third-order valence-corrected chi connectivity index (χ3v) is 11.4. The molecule has 26 nitrogen and oxygen atoms in total. The van der Waals surface area contributed by atoms with Crippen molar-refractivity contribution in [3.63, 3.8) is 0 Å². The molecule has 0 heterocycles. The number of aromatic hydroxyl groups is 1. The highest BCUT2D eigenvalue weighted by Gasteiger charge is 2.35. The molecular weight excluding hydrogens is 965 g/mol. The van der Waals surface area contributed by atoms with Crippen molar-refractivity contribution in [1.29, 1.82) is 0 Å². The number of nitrogens with one attached hydrogen (secondary N) is 8. The largest absolute Gasteiger partial charge is 0.508 e. The predicted molar refractivity (Wildman–Crippen MR) is 254 cm³/mol. The highest BCUT2D eigenvalue weighted by molar-refractivity contribution is 7.98. The van der Waals surface area contributed by atoms with Crippen molar-refractivity contribution in [2.75, 3.05) is 37.2 Å². The third kappa shape index (κ3) is 22.9. The zero-order valence-electron chi connectivity index (χ0n) is 39.4. The molecule has 0 aromatic heterocycles. The number of benzene rings is 1. The molecule has 0 aliphatic rings. The van der Waals surface area contributed by atoms with Crippen molar-refractivity contribution in [3.8, 4) is 5.75 Å². The minimum atomic E-state index is -1.79. The molecule has 0 unspecified atom stereocenters. The van der Waals surface area contributed by atoms with Gasteiger partial charge in [0.1, 0.15) is 48.0 Å². The van der Waals surface area contributed by atoms with Gasteiger partial charge < -0.3 is 79.5 Å². The third-order valence-electron chi connectivity index (χ3n) is 10.1. The fraction of sp³-hybridized carbons (Fsp3) is 0.595. The van der Waals surface area contributed by atoms with Gasteiger partial charge in [0.25, 0.3) is 0 Å². The SMILES string of the molecule is CSCC[C@H](NC(=O)[C@@H](NC(=O)CNC(=O)[C@H](CC(=O)O)NC(=O)[C@H](CCSC)NC(=O)[C@@H](N)Cc1ccc(O)cc1)[C@@H](C)O)C(=O)N[C@@H](CO)C(=O)N[C@@H](CCC(N)=O)C(=O)N[C@H](C(=O)O)C(C)C. The first-order chi connectivity index (χ1) is 32.8. The molecule has 28 heteroatoms. The molecule has 0 saturated carbocycles. The van der Waals surface area contributed by atoms with E-state index >= 15 is 0 Å². The van der Waals surface area contributed by atoms with Gasteiger partial charge in [-0.2, -0.15) is 23.5 Å². The number of carbonyl (C=O) groups is 11. The van der Waals surface area contributed by atoms with Crippen LogP contribution in [0.15, 0.2) is 24.3 Å². The number of aliphatic carboxylic acids is 2. The Morgan fingerprint density at radius 1 is 0.614 bits per heavy atom. The van der Waals surface area contributed by atoms with Gasteiger partial charge in [-0.15, -0.1) is 0 Å². The summed E-state index contributed by atoms with van der Waals surface area (Å²) in [5.74, 6) is -12.0. The van der Waals surface area contributed by atoms with Crippen LogP contribution in [0.25, 0.3) is 0 Å². The summed E-state index contributed by atoms with van der Waals surface area (Å²) in [5.41, 5.74) is 11.9. The Labute approximate surface area is 412 Å². The Balaban J connectivity index is 3.10. The number of carbonyl (C=O) groups excluding carboxylic acids is 9. The minimum Gasteiger partial charge on any atom is -0.508 e. The molecule has 0 aliphatic carbocycles. The normalized spacial score (nSPS) is 14.9. The van der Waals surface area contributed by atoms with Gasteiger partial charge in [-0.3, -0.25) is 47.9 Å². The van der Waals surface area contributed by atoms with Crippen LogP contribution in [0.1, 0.15) is 58.4 Å². The number of phenolic OH excluding ortho intramolecular Hbond substituents is 1. The van der Waals surface area contributed by atoms with E-state index in [0.29, 0.717) is 11.3 Å². The molecule has 0 bridgehead atoms. The molecular formula is C42H66N10O16S2. The first-order valence-electron chi connectivity index (χ1n) is 21.8. The summed E-state index contributed by atoms with van der Waals surface area (Å²) < 4.78 is 0. The summed E-state index contributed by atoms with van der Waals surface area (Å²) in [6.07, 6.45) is -0.00915. The van der Waals surface area contributed by atoms with Crippen LogP contribution in [-0.2, 0) is 59.2 Å². The number of amides is 9. The quantitative estimate of drug-likeness (QED) is 0.0314. The van der Waals surface area contributed by atoms with E-state index < -0.39 is 151 Å². The monoisotopic (exact) mass is 1030 g/mol. The van der Waals surface area contributed by atoms with Crippen LogP contribution in [0.3, 0.4) is 0 Å². The molecule has 1 aromatic rings. The maximum absolute atomic E-state index is 13.5. The number of phenols is 1. The molecule has 0 fully saturated rings. The second-order valence-electron chi connectivity index (χ2n) is 16.2. The molecule has 0 aliphatic heterocycles. The summed E-state index contributed by atoms with van der Waals surface area (Å²) in [6, 6.07) is -6.22. The lowest BCUT2D eigenvalue weighted by atomic mass is 10.0. The first-order valence-corrected chi connectivity index (χ1v) is 24.6. The zero-order chi connectivity index (χ0) is 53.2. The van der Waals surface area contributed by atoms with E-state index in [0.717, 1.165) is 6.92 Å². The fourth-order valence-corrected chi connectivity index (χ4v) is 7.11. The second-order valence-corrected chi connectivity index (χ2v) is 18.2. The van der Waals surface area contributed by atoms with E-state index in [2.05, 4.69) is 42.5 Å². The Morgan fingerprint density at radius 3 is 1.56 bits per heavy atom. The molecule has 0 saturated heterocycles. The van der Waals surface area contributed by atoms with Crippen LogP contribution < -0.4 is 54.0 Å². The van der Waals surface area contributed by atoms with Crippen LogP contribution in [0.2, 0.25) is 0 Å². The summed E-state index contributed by atoms with van der Waals surface area (Å²) >= 11 is 2.58. The van der Waals surface area contributed by atoms with E-state index in [4.69, 9.17) is 11.5 Å². The Bertz CT molecular complexity index is 1980. The number of nitrogens with two attached hydrogens (primary N) is 2. The second kappa shape index (κ2) is 31.8. The number of carboxylic acid groups (broad SMARTS) is 2. The van der Waals surface area contributed by atoms with Crippen LogP contribution in [-0.4, -0.2) is 182 Å². The van der Waals surface area contributed by atoms with Crippen LogP contribution in [0.4, 0.5) is 0 Å². The highest BCUT2D eigenvalue weighted by atomic mass is 32.2. The van der Waals surface area contributed by atoms with Gasteiger partial charge in [0.15, 0.2) is 0 Å². The summed E-state index contributed by atoms with van der Waals surface area (Å²) in [4.78, 5) is 141. The number of carboxylic acids is 2. The number of rotatable bonds is 33. The van der Waals surface area contributed by atoms with Crippen molar-refractivity contribution in [3.05, 3.63) is 29.8 Å². The van der Waals surface area contributed by atoms with Crippen molar-refractivity contribution < 1.29 is 78.3 Å². The lowest BCUT2D eigenvalue weighted by Gasteiger charge is -2.27. The average molecular weight is 1030 g/mol. The van der Waals surface area contributed by atoms with E-state index in [1.165, 1.54) is 49.5 Å². The van der Waals surface area contributed by atoms with Gasteiger partial charge >= 0.3 is 11.9 Å². The molecule has 17 N–H and O–H groups in total.